The van der Waals surface area contributed by atoms with E-state index >= 15 is 4.39 Å². The summed E-state index contributed by atoms with van der Waals surface area (Å²) >= 11 is 0. The number of H-pyrrole nitrogens is 1. The van der Waals surface area contributed by atoms with Crippen LogP contribution < -0.4 is 19.7 Å². The molecule has 3 N–H and O–H groups in total. The maximum atomic E-state index is 15.5. The standard InChI is InChI=1S/C43H45F2N9O7S/c1-2-19-62(59,60)51-34-8-7-33(44)38(39(34)45)40(57)32-24-47-41-31(32)20-28(21-46-41)29-22-48-43(49-23-29)54-17-15-53(16-18-54)37(56)25-52-13-11-27(12-14-52)26-3-5-30(6-4-26)61-35-9-10-36(55)50-42(35)58/h3-8,20-24,27,35,51H,2,9-19,25H2,1H3,(H,46,47)(H,50,55,58). The molecule has 6 heterocycles. The number of pyridine rings is 1. The zero-order chi connectivity index (χ0) is 43.5. The van der Waals surface area contributed by atoms with Crippen molar-refractivity contribution >= 4 is 56.2 Å². The minimum atomic E-state index is -3.91. The number of fused-ring (bicyclic) bond motifs is 1. The third-order valence-corrected chi connectivity index (χ3v) is 13.0. The zero-order valence-electron chi connectivity index (χ0n) is 33.9. The Morgan fingerprint density at radius 1 is 0.903 bits per heavy atom. The van der Waals surface area contributed by atoms with Crippen LogP contribution in [0.4, 0.5) is 20.4 Å². The van der Waals surface area contributed by atoms with Gasteiger partial charge in [0.2, 0.25) is 33.6 Å². The van der Waals surface area contributed by atoms with E-state index in [2.05, 4.69) is 34.9 Å². The van der Waals surface area contributed by atoms with E-state index < -0.39 is 50.7 Å². The van der Waals surface area contributed by atoms with Gasteiger partial charge in [-0.05, 0) is 74.2 Å². The molecule has 3 fully saturated rings. The number of likely N-dealkylation sites (tertiary alicyclic amines) is 1. The number of nitrogens with one attached hydrogen (secondary N) is 3. The van der Waals surface area contributed by atoms with Gasteiger partial charge in [0.15, 0.2) is 11.9 Å². The number of nitrogens with zero attached hydrogens (tertiary/aromatic N) is 6. The van der Waals surface area contributed by atoms with Crippen molar-refractivity contribution in [2.45, 2.75) is 51.0 Å². The molecule has 19 heteroatoms. The van der Waals surface area contributed by atoms with Crippen LogP contribution in [0.5, 0.6) is 5.75 Å². The van der Waals surface area contributed by atoms with E-state index in [0.717, 1.165) is 38.1 Å². The number of rotatable bonds is 13. The van der Waals surface area contributed by atoms with Gasteiger partial charge in [-0.1, -0.05) is 19.1 Å². The average molecular weight is 870 g/mol. The number of piperazine rings is 1. The molecule has 0 bridgehead atoms. The topological polar surface area (TPSA) is 200 Å². The molecule has 3 aliphatic rings. The van der Waals surface area contributed by atoms with Crippen molar-refractivity contribution in [2.75, 3.05) is 61.2 Å². The Balaban J connectivity index is 0.831. The van der Waals surface area contributed by atoms with Crippen LogP contribution in [-0.2, 0) is 24.4 Å². The highest BCUT2D eigenvalue weighted by molar-refractivity contribution is 7.92. The van der Waals surface area contributed by atoms with Crippen LogP contribution in [0.25, 0.3) is 22.2 Å². The molecule has 62 heavy (non-hydrogen) atoms. The van der Waals surface area contributed by atoms with Crippen LogP contribution in [0.1, 0.15) is 66.4 Å². The molecule has 3 aromatic heterocycles. The van der Waals surface area contributed by atoms with Crippen LogP contribution >= 0.6 is 0 Å². The van der Waals surface area contributed by atoms with E-state index in [-0.39, 0.29) is 36.0 Å². The van der Waals surface area contributed by atoms with Crippen molar-refractivity contribution in [3.63, 3.8) is 0 Å². The number of hydrogen-bond acceptors (Lipinski definition) is 12. The molecule has 0 spiro atoms. The number of ketones is 1. The second-order valence-electron chi connectivity index (χ2n) is 15.7. The number of aromatic amines is 1. The Kier molecular flexibility index (Phi) is 12.3. The lowest BCUT2D eigenvalue weighted by Crippen LogP contribution is -2.52. The maximum Gasteiger partial charge on any atom is 0.267 e. The van der Waals surface area contributed by atoms with Crippen molar-refractivity contribution in [2.24, 2.45) is 0 Å². The highest BCUT2D eigenvalue weighted by Gasteiger charge is 2.30. The van der Waals surface area contributed by atoms with Gasteiger partial charge in [-0.2, -0.15) is 0 Å². The van der Waals surface area contributed by atoms with Gasteiger partial charge in [0.05, 0.1) is 23.5 Å². The summed E-state index contributed by atoms with van der Waals surface area (Å²) < 4.78 is 62.9. The Morgan fingerprint density at radius 3 is 2.31 bits per heavy atom. The minimum Gasteiger partial charge on any atom is -0.481 e. The number of carbonyl (C=O) groups is 4. The molecule has 3 amide bonds. The second-order valence-corrected chi connectivity index (χ2v) is 17.5. The molecule has 3 saturated heterocycles. The first-order valence-electron chi connectivity index (χ1n) is 20.5. The smallest absolute Gasteiger partial charge is 0.267 e. The second kappa shape index (κ2) is 17.9. The molecule has 0 saturated carbocycles. The predicted molar refractivity (Wildman–Crippen MR) is 225 cm³/mol. The van der Waals surface area contributed by atoms with E-state index in [0.29, 0.717) is 78.9 Å². The Morgan fingerprint density at radius 2 is 1.61 bits per heavy atom. The summed E-state index contributed by atoms with van der Waals surface area (Å²) in [6, 6.07) is 11.2. The summed E-state index contributed by atoms with van der Waals surface area (Å²) in [7, 11) is -3.91. The third-order valence-electron chi connectivity index (χ3n) is 11.5. The van der Waals surface area contributed by atoms with Gasteiger partial charge in [-0.3, -0.25) is 34.1 Å². The van der Waals surface area contributed by atoms with E-state index in [4.69, 9.17) is 4.74 Å². The number of hydrogen-bond donors (Lipinski definition) is 3. The van der Waals surface area contributed by atoms with Crippen LogP contribution in [-0.4, -0.2) is 119 Å². The molecule has 3 aliphatic heterocycles. The number of anilines is 2. The van der Waals surface area contributed by atoms with Crippen LogP contribution in [0.15, 0.2) is 67.3 Å². The van der Waals surface area contributed by atoms with E-state index in [9.17, 15) is 32.0 Å². The van der Waals surface area contributed by atoms with Gasteiger partial charge in [0.25, 0.3) is 5.91 Å². The van der Waals surface area contributed by atoms with Crippen molar-refractivity contribution < 1.29 is 41.1 Å². The van der Waals surface area contributed by atoms with Crippen molar-refractivity contribution in [1.82, 2.24) is 35.1 Å². The van der Waals surface area contributed by atoms with Crippen molar-refractivity contribution in [3.05, 3.63) is 95.6 Å². The first-order valence-corrected chi connectivity index (χ1v) is 22.2. The lowest BCUT2D eigenvalue weighted by molar-refractivity contribution is -0.139. The summed E-state index contributed by atoms with van der Waals surface area (Å²) in [4.78, 5) is 72.8. The van der Waals surface area contributed by atoms with Crippen LogP contribution in [0.2, 0.25) is 0 Å². The minimum absolute atomic E-state index is 0.0571. The van der Waals surface area contributed by atoms with Crippen molar-refractivity contribution in [3.8, 4) is 16.9 Å². The SMILES string of the molecule is CCCS(=O)(=O)Nc1ccc(F)c(C(=O)c2c[nH]c3ncc(-c4cnc(N5CCN(C(=O)CN6CCC(c7ccc(OC8CCC(=O)NC8=O)cc7)CC6)CC5)nc4)cc23)c1F. The number of amides is 3. The number of sulfonamides is 1. The fraction of sp³-hybridized carbons (Fsp3) is 0.372. The van der Waals surface area contributed by atoms with Gasteiger partial charge in [-0.25, -0.2) is 32.2 Å². The van der Waals surface area contributed by atoms with Gasteiger partial charge >= 0.3 is 0 Å². The summed E-state index contributed by atoms with van der Waals surface area (Å²) in [6.45, 7) is 5.73. The number of piperidine rings is 2. The highest BCUT2D eigenvalue weighted by Crippen LogP contribution is 2.32. The molecule has 2 aromatic carbocycles. The number of carbonyl (C=O) groups excluding carboxylic acids is 4. The number of imide groups is 1. The molecule has 324 valence electrons. The Labute approximate surface area is 356 Å². The summed E-state index contributed by atoms with van der Waals surface area (Å²) in [5.74, 6) is -2.90. The Hall–Kier alpha value is -6.34. The summed E-state index contributed by atoms with van der Waals surface area (Å²) in [6.07, 6.45) is 8.15. The molecule has 0 aliphatic carbocycles. The Bertz CT molecular complexity index is 2610. The van der Waals surface area contributed by atoms with Gasteiger partial charge in [-0.15, -0.1) is 0 Å². The molecular formula is C43H45F2N9O7S. The maximum absolute atomic E-state index is 15.5. The first-order chi connectivity index (χ1) is 29.9. The molecule has 16 nitrogen and oxygen atoms in total. The third kappa shape index (κ3) is 9.28. The largest absolute Gasteiger partial charge is 0.481 e. The van der Waals surface area contributed by atoms with Gasteiger partial charge in [0, 0.05) is 85.9 Å². The monoisotopic (exact) mass is 869 g/mol. The molecule has 8 rings (SSSR count). The van der Waals surface area contributed by atoms with E-state index in [1.165, 1.54) is 11.8 Å². The number of aromatic nitrogens is 4. The number of ether oxygens (including phenoxy) is 1. The number of benzene rings is 2. The lowest BCUT2D eigenvalue weighted by Gasteiger charge is -2.37. The quantitative estimate of drug-likeness (QED) is 0.112. The highest BCUT2D eigenvalue weighted by atomic mass is 32.2. The predicted octanol–water partition coefficient (Wildman–Crippen LogP) is 4.39. The molecule has 0 radical (unpaired) electrons. The molecule has 5 aromatic rings. The summed E-state index contributed by atoms with van der Waals surface area (Å²) in [5, 5.41) is 2.60. The average Bonchev–Trinajstić information content (AvgIpc) is 3.70. The number of halogens is 2. The van der Waals surface area contributed by atoms with Crippen molar-refractivity contribution in [1.29, 1.82) is 0 Å². The summed E-state index contributed by atoms with van der Waals surface area (Å²) in [5.41, 5.74) is 1.14. The van der Waals surface area contributed by atoms with Gasteiger partial charge in [0.1, 0.15) is 17.2 Å². The fourth-order valence-electron chi connectivity index (χ4n) is 8.08. The van der Waals surface area contributed by atoms with Gasteiger partial charge < -0.3 is 19.5 Å². The van der Waals surface area contributed by atoms with E-state index in [1.54, 1.807) is 31.6 Å². The fourth-order valence-corrected chi connectivity index (χ4v) is 9.22. The van der Waals surface area contributed by atoms with Crippen LogP contribution in [0.3, 0.4) is 0 Å². The molecule has 1 unspecified atom stereocenters. The lowest BCUT2D eigenvalue weighted by atomic mass is 9.89. The molecule has 1 atom stereocenters. The van der Waals surface area contributed by atoms with Crippen LogP contribution in [0, 0.1) is 11.6 Å². The first kappa shape index (κ1) is 42.4. The normalized spacial score (nSPS) is 17.9. The molecular weight excluding hydrogens is 825 g/mol. The zero-order valence-corrected chi connectivity index (χ0v) is 34.7. The van der Waals surface area contributed by atoms with E-state index in [1.807, 2.05) is 34.1 Å².